The van der Waals surface area contributed by atoms with E-state index in [9.17, 15) is 0 Å². The lowest BCUT2D eigenvalue weighted by Gasteiger charge is -2.47. The Morgan fingerprint density at radius 1 is 1.38 bits per heavy atom. The first-order valence-corrected chi connectivity index (χ1v) is 6.52. The molecule has 0 spiro atoms. The number of nitrogens with one attached hydrogen (secondary N) is 1. The van der Waals surface area contributed by atoms with Gasteiger partial charge in [0.15, 0.2) is 0 Å². The number of likely N-dealkylation sites (tertiary alicyclic amines) is 1. The van der Waals surface area contributed by atoms with Gasteiger partial charge in [-0.3, -0.25) is 0 Å². The summed E-state index contributed by atoms with van der Waals surface area (Å²) in [7, 11) is 4.33. The molecule has 16 heavy (non-hydrogen) atoms. The molecule has 1 aliphatic heterocycles. The molecule has 1 saturated heterocycles. The predicted molar refractivity (Wildman–Crippen MR) is 71.7 cm³/mol. The molecule has 1 rings (SSSR count). The van der Waals surface area contributed by atoms with E-state index in [-0.39, 0.29) is 0 Å². The Kier molecular flexibility index (Phi) is 5.00. The quantitative estimate of drug-likeness (QED) is 0.722. The standard InChI is InChI=1S/C14H28N2/c1-6-7-14(13(15-4)12(2)3)8-10-16(5)11-9-14/h6,12-13,15H,1,7-11H2,2-5H3. The Bertz CT molecular complexity index is 215. The van der Waals surface area contributed by atoms with Crippen LogP contribution in [0.2, 0.25) is 0 Å². The highest BCUT2D eigenvalue weighted by Crippen LogP contribution is 2.40. The van der Waals surface area contributed by atoms with E-state index in [0.717, 1.165) is 6.42 Å². The average Bonchev–Trinajstić information content (AvgIpc) is 2.23. The molecule has 0 aromatic heterocycles. The third kappa shape index (κ3) is 2.86. The van der Waals surface area contributed by atoms with E-state index in [1.54, 1.807) is 0 Å². The van der Waals surface area contributed by atoms with Gasteiger partial charge in [0.25, 0.3) is 0 Å². The number of hydrogen-bond donors (Lipinski definition) is 1. The second kappa shape index (κ2) is 5.83. The van der Waals surface area contributed by atoms with Crippen molar-refractivity contribution < 1.29 is 0 Å². The van der Waals surface area contributed by atoms with Gasteiger partial charge < -0.3 is 10.2 Å². The van der Waals surface area contributed by atoms with E-state index >= 15 is 0 Å². The average molecular weight is 224 g/mol. The minimum Gasteiger partial charge on any atom is -0.316 e. The molecule has 94 valence electrons. The van der Waals surface area contributed by atoms with Gasteiger partial charge in [-0.05, 0) is 57.8 Å². The molecule has 0 radical (unpaired) electrons. The van der Waals surface area contributed by atoms with E-state index in [1.165, 1.54) is 25.9 Å². The van der Waals surface area contributed by atoms with Crippen LogP contribution in [0.3, 0.4) is 0 Å². The summed E-state index contributed by atoms with van der Waals surface area (Å²) in [6, 6.07) is 0.610. The summed E-state index contributed by atoms with van der Waals surface area (Å²) < 4.78 is 0. The molecular formula is C14H28N2. The first-order chi connectivity index (χ1) is 7.55. The Morgan fingerprint density at radius 3 is 2.31 bits per heavy atom. The van der Waals surface area contributed by atoms with Crippen molar-refractivity contribution in [1.29, 1.82) is 0 Å². The molecule has 2 heteroatoms. The molecule has 0 aliphatic carbocycles. The smallest absolute Gasteiger partial charge is 0.0147 e. The fourth-order valence-electron chi connectivity index (χ4n) is 3.34. The van der Waals surface area contributed by atoms with Crippen LogP contribution in [-0.4, -0.2) is 38.1 Å². The fourth-order valence-corrected chi connectivity index (χ4v) is 3.34. The van der Waals surface area contributed by atoms with Gasteiger partial charge in [-0.15, -0.1) is 6.58 Å². The lowest BCUT2D eigenvalue weighted by Crippen LogP contribution is -2.52. The second-order valence-corrected chi connectivity index (χ2v) is 5.67. The van der Waals surface area contributed by atoms with Crippen LogP contribution in [0.25, 0.3) is 0 Å². The SMILES string of the molecule is C=CCC1(C(NC)C(C)C)CCN(C)CC1. The van der Waals surface area contributed by atoms with Gasteiger partial charge in [0.05, 0.1) is 0 Å². The van der Waals surface area contributed by atoms with Crippen LogP contribution in [0.4, 0.5) is 0 Å². The maximum Gasteiger partial charge on any atom is 0.0147 e. The zero-order valence-corrected chi connectivity index (χ0v) is 11.4. The molecular weight excluding hydrogens is 196 g/mol. The van der Waals surface area contributed by atoms with Crippen LogP contribution in [0, 0.1) is 11.3 Å². The molecule has 0 aromatic carbocycles. The third-order valence-electron chi connectivity index (χ3n) is 4.17. The van der Waals surface area contributed by atoms with E-state index in [2.05, 4.69) is 50.8 Å². The Balaban J connectivity index is 2.82. The zero-order chi connectivity index (χ0) is 12.2. The summed E-state index contributed by atoms with van der Waals surface area (Å²) in [5, 5.41) is 3.55. The van der Waals surface area contributed by atoms with Gasteiger partial charge in [-0.2, -0.15) is 0 Å². The van der Waals surface area contributed by atoms with Gasteiger partial charge >= 0.3 is 0 Å². The van der Waals surface area contributed by atoms with Gasteiger partial charge in [0.1, 0.15) is 0 Å². The van der Waals surface area contributed by atoms with Gasteiger partial charge in [0.2, 0.25) is 0 Å². The number of nitrogens with zero attached hydrogens (tertiary/aromatic N) is 1. The van der Waals surface area contributed by atoms with Crippen molar-refractivity contribution >= 4 is 0 Å². The molecule has 1 unspecified atom stereocenters. The molecule has 1 N–H and O–H groups in total. The number of piperidine rings is 1. The minimum absolute atomic E-state index is 0.428. The largest absolute Gasteiger partial charge is 0.316 e. The van der Waals surface area contributed by atoms with Gasteiger partial charge in [0, 0.05) is 6.04 Å². The molecule has 0 bridgehead atoms. The molecule has 1 aliphatic rings. The highest BCUT2D eigenvalue weighted by Gasteiger charge is 2.40. The normalized spacial score (nSPS) is 23.3. The molecule has 1 atom stereocenters. The van der Waals surface area contributed by atoms with Crippen molar-refractivity contribution in [2.45, 2.75) is 39.2 Å². The van der Waals surface area contributed by atoms with E-state index in [4.69, 9.17) is 0 Å². The Labute approximate surface area is 101 Å². The second-order valence-electron chi connectivity index (χ2n) is 5.67. The van der Waals surface area contributed by atoms with Crippen LogP contribution >= 0.6 is 0 Å². The molecule has 0 amide bonds. The minimum atomic E-state index is 0.428. The Hall–Kier alpha value is -0.340. The lowest BCUT2D eigenvalue weighted by atomic mass is 9.67. The monoisotopic (exact) mass is 224 g/mol. The van der Waals surface area contributed by atoms with Crippen molar-refractivity contribution in [2.24, 2.45) is 11.3 Å². The summed E-state index contributed by atoms with van der Waals surface area (Å²) in [6.07, 6.45) is 5.83. The number of rotatable bonds is 5. The van der Waals surface area contributed by atoms with Crippen molar-refractivity contribution in [1.82, 2.24) is 10.2 Å². The molecule has 1 fully saturated rings. The first kappa shape index (κ1) is 13.7. The molecule has 2 nitrogen and oxygen atoms in total. The highest BCUT2D eigenvalue weighted by molar-refractivity contribution is 4.99. The van der Waals surface area contributed by atoms with Crippen molar-refractivity contribution in [3.05, 3.63) is 12.7 Å². The van der Waals surface area contributed by atoms with Crippen molar-refractivity contribution in [3.8, 4) is 0 Å². The van der Waals surface area contributed by atoms with Crippen molar-refractivity contribution in [2.75, 3.05) is 27.2 Å². The van der Waals surface area contributed by atoms with Crippen LogP contribution in [0.5, 0.6) is 0 Å². The molecule has 0 saturated carbocycles. The number of hydrogen-bond acceptors (Lipinski definition) is 2. The van der Waals surface area contributed by atoms with Crippen LogP contribution in [0.1, 0.15) is 33.1 Å². The predicted octanol–water partition coefficient (Wildman–Crippen LogP) is 2.52. The summed E-state index contributed by atoms with van der Waals surface area (Å²) in [5.41, 5.74) is 0.428. The molecule has 1 heterocycles. The highest BCUT2D eigenvalue weighted by atomic mass is 15.1. The topological polar surface area (TPSA) is 15.3 Å². The maximum absolute atomic E-state index is 3.95. The maximum atomic E-state index is 3.95. The van der Waals surface area contributed by atoms with Crippen molar-refractivity contribution in [3.63, 3.8) is 0 Å². The summed E-state index contributed by atoms with van der Waals surface area (Å²) in [4.78, 5) is 2.44. The van der Waals surface area contributed by atoms with E-state index in [0.29, 0.717) is 17.4 Å². The Morgan fingerprint density at radius 2 is 1.94 bits per heavy atom. The lowest BCUT2D eigenvalue weighted by molar-refractivity contribution is 0.0642. The van der Waals surface area contributed by atoms with Gasteiger partial charge in [-0.1, -0.05) is 19.9 Å². The summed E-state index contributed by atoms with van der Waals surface area (Å²) in [6.45, 7) is 11.0. The van der Waals surface area contributed by atoms with Crippen LogP contribution in [-0.2, 0) is 0 Å². The van der Waals surface area contributed by atoms with Gasteiger partial charge in [-0.25, -0.2) is 0 Å². The van der Waals surface area contributed by atoms with E-state index in [1.807, 2.05) is 0 Å². The fraction of sp³-hybridized carbons (Fsp3) is 0.857. The van der Waals surface area contributed by atoms with Crippen LogP contribution in [0.15, 0.2) is 12.7 Å². The number of allylic oxidation sites excluding steroid dienone is 1. The first-order valence-electron chi connectivity index (χ1n) is 6.52. The summed E-state index contributed by atoms with van der Waals surface area (Å²) in [5.74, 6) is 0.688. The summed E-state index contributed by atoms with van der Waals surface area (Å²) >= 11 is 0. The van der Waals surface area contributed by atoms with E-state index < -0.39 is 0 Å². The third-order valence-corrected chi connectivity index (χ3v) is 4.17. The molecule has 0 aromatic rings. The zero-order valence-electron chi connectivity index (χ0n) is 11.4. The van der Waals surface area contributed by atoms with Crippen LogP contribution < -0.4 is 5.32 Å².